The van der Waals surface area contributed by atoms with Crippen molar-refractivity contribution in [2.75, 3.05) is 6.54 Å². The molecule has 0 spiro atoms. The van der Waals surface area contributed by atoms with Crippen LogP contribution in [0.4, 0.5) is 4.39 Å². The Morgan fingerprint density at radius 1 is 1.33 bits per heavy atom. The van der Waals surface area contributed by atoms with Gasteiger partial charge in [-0.2, -0.15) is 0 Å². The van der Waals surface area contributed by atoms with E-state index in [9.17, 15) is 14.3 Å². The third kappa shape index (κ3) is 2.56. The second-order valence-electron chi connectivity index (χ2n) is 5.35. The van der Waals surface area contributed by atoms with Gasteiger partial charge in [-0.15, -0.1) is 0 Å². The summed E-state index contributed by atoms with van der Waals surface area (Å²) < 4.78 is 18.3. The molecule has 2 atom stereocenters. The largest absolute Gasteiger partial charge is 0.459 e. The van der Waals surface area contributed by atoms with Gasteiger partial charge in [0.05, 0.1) is 18.4 Å². The van der Waals surface area contributed by atoms with Crippen molar-refractivity contribution in [2.45, 2.75) is 25.5 Å². The van der Waals surface area contributed by atoms with E-state index in [0.717, 1.165) is 11.1 Å². The van der Waals surface area contributed by atoms with Gasteiger partial charge in [0.25, 0.3) is 5.91 Å². The number of rotatable bonds is 2. The Balaban J connectivity index is 1.91. The van der Waals surface area contributed by atoms with Crippen LogP contribution in [0.2, 0.25) is 0 Å². The number of aryl methyl sites for hydroxylation is 1. The van der Waals surface area contributed by atoms with E-state index >= 15 is 0 Å². The summed E-state index contributed by atoms with van der Waals surface area (Å²) in [6, 6.07) is 7.48. The molecule has 1 N–H and O–H groups in total. The lowest BCUT2D eigenvalue weighted by molar-refractivity contribution is 0.0682. The van der Waals surface area contributed by atoms with E-state index in [1.807, 2.05) is 0 Å². The molecule has 1 fully saturated rings. The van der Waals surface area contributed by atoms with Crippen molar-refractivity contribution >= 4 is 5.91 Å². The highest BCUT2D eigenvalue weighted by Crippen LogP contribution is 2.34. The second kappa shape index (κ2) is 5.33. The van der Waals surface area contributed by atoms with E-state index in [1.165, 1.54) is 18.4 Å². The fraction of sp³-hybridized carbons (Fsp3) is 0.312. The molecule has 4 nitrogen and oxygen atoms in total. The zero-order valence-electron chi connectivity index (χ0n) is 11.6. The number of hydrogen-bond acceptors (Lipinski definition) is 3. The number of furan rings is 1. The zero-order valence-corrected chi connectivity index (χ0v) is 11.6. The third-order valence-electron chi connectivity index (χ3n) is 3.85. The van der Waals surface area contributed by atoms with Gasteiger partial charge in [0.15, 0.2) is 5.76 Å². The Bertz CT molecular complexity index is 650. The van der Waals surface area contributed by atoms with E-state index in [1.54, 1.807) is 30.0 Å². The average Bonchev–Trinajstić information content (AvgIpc) is 3.05. The van der Waals surface area contributed by atoms with Gasteiger partial charge >= 0.3 is 0 Å². The first-order chi connectivity index (χ1) is 10.1. The van der Waals surface area contributed by atoms with Crippen LogP contribution in [-0.2, 0) is 0 Å². The zero-order chi connectivity index (χ0) is 15.0. The highest BCUT2D eigenvalue weighted by atomic mass is 19.1. The summed E-state index contributed by atoms with van der Waals surface area (Å²) >= 11 is 0. The molecular weight excluding hydrogens is 273 g/mol. The predicted octanol–water partition coefficient (Wildman–Crippen LogP) is 2.68. The van der Waals surface area contributed by atoms with Crippen molar-refractivity contribution in [3.05, 3.63) is 59.3 Å². The quantitative estimate of drug-likeness (QED) is 0.924. The Morgan fingerprint density at radius 3 is 2.67 bits per heavy atom. The first-order valence-corrected chi connectivity index (χ1v) is 6.85. The lowest BCUT2D eigenvalue weighted by Gasteiger charge is -2.24. The number of β-amino-alcohol motifs (C(OH)–C–C–N with tert-alkyl or cyclic N) is 1. The number of likely N-dealkylation sites (tertiary alicyclic amines) is 1. The van der Waals surface area contributed by atoms with E-state index < -0.39 is 6.10 Å². The smallest absolute Gasteiger partial charge is 0.290 e. The van der Waals surface area contributed by atoms with Gasteiger partial charge in [0.2, 0.25) is 0 Å². The number of amides is 1. The molecule has 2 heterocycles. The number of hydrogen-bond donors (Lipinski definition) is 1. The van der Waals surface area contributed by atoms with Gasteiger partial charge in [-0.25, -0.2) is 4.39 Å². The highest BCUT2D eigenvalue weighted by molar-refractivity contribution is 5.93. The molecule has 1 amide bonds. The molecule has 110 valence electrons. The first-order valence-electron chi connectivity index (χ1n) is 6.85. The lowest BCUT2D eigenvalue weighted by atomic mass is 10.0. The fourth-order valence-electron chi connectivity index (χ4n) is 2.76. The Morgan fingerprint density at radius 2 is 2.05 bits per heavy atom. The number of benzene rings is 1. The maximum Gasteiger partial charge on any atom is 0.290 e. The number of aliphatic hydroxyl groups excluding tert-OH is 1. The maximum absolute atomic E-state index is 13.0. The van der Waals surface area contributed by atoms with Crippen LogP contribution < -0.4 is 0 Å². The van der Waals surface area contributed by atoms with Crippen molar-refractivity contribution in [3.63, 3.8) is 0 Å². The highest BCUT2D eigenvalue weighted by Gasteiger charge is 2.37. The van der Waals surface area contributed by atoms with Crippen molar-refractivity contribution in [2.24, 2.45) is 0 Å². The van der Waals surface area contributed by atoms with Gasteiger partial charge in [0.1, 0.15) is 5.82 Å². The van der Waals surface area contributed by atoms with Crippen molar-refractivity contribution in [3.8, 4) is 0 Å². The fourth-order valence-corrected chi connectivity index (χ4v) is 2.76. The van der Waals surface area contributed by atoms with E-state index in [-0.39, 0.29) is 30.1 Å². The van der Waals surface area contributed by atoms with Gasteiger partial charge in [-0.1, -0.05) is 12.1 Å². The van der Waals surface area contributed by atoms with Crippen molar-refractivity contribution in [1.82, 2.24) is 4.90 Å². The third-order valence-corrected chi connectivity index (χ3v) is 3.85. The van der Waals surface area contributed by atoms with Gasteiger partial charge < -0.3 is 14.4 Å². The molecule has 1 aliphatic heterocycles. The minimum absolute atomic E-state index is 0.247. The predicted molar refractivity (Wildman–Crippen MR) is 74.2 cm³/mol. The Hall–Kier alpha value is -2.14. The van der Waals surface area contributed by atoms with Crippen molar-refractivity contribution in [1.29, 1.82) is 0 Å². The molecule has 1 saturated heterocycles. The van der Waals surface area contributed by atoms with Crippen LogP contribution in [0.15, 0.2) is 41.0 Å². The normalized spacial score (nSPS) is 21.8. The Labute approximate surface area is 121 Å². The molecule has 1 aliphatic rings. The van der Waals surface area contributed by atoms with Crippen LogP contribution in [0.25, 0.3) is 0 Å². The summed E-state index contributed by atoms with van der Waals surface area (Å²) in [7, 11) is 0. The van der Waals surface area contributed by atoms with Crippen LogP contribution in [0.5, 0.6) is 0 Å². The minimum Gasteiger partial charge on any atom is -0.459 e. The molecule has 2 aromatic rings. The molecule has 3 rings (SSSR count). The summed E-state index contributed by atoms with van der Waals surface area (Å²) in [5.41, 5.74) is 1.57. The van der Waals surface area contributed by atoms with Gasteiger partial charge in [-0.3, -0.25) is 4.79 Å². The van der Waals surface area contributed by atoms with Crippen LogP contribution in [0, 0.1) is 12.7 Å². The SMILES string of the molecule is Cc1ccoc1C(=O)N1C[C@H](O)C[C@H]1c1ccc(F)cc1. The van der Waals surface area contributed by atoms with Crippen molar-refractivity contribution < 1.29 is 18.7 Å². The Kier molecular flexibility index (Phi) is 3.51. The lowest BCUT2D eigenvalue weighted by Crippen LogP contribution is -2.31. The van der Waals surface area contributed by atoms with Crippen LogP contribution >= 0.6 is 0 Å². The number of nitrogens with zero attached hydrogens (tertiary/aromatic N) is 1. The van der Waals surface area contributed by atoms with Crippen LogP contribution in [0.1, 0.15) is 34.1 Å². The summed E-state index contributed by atoms with van der Waals surface area (Å²) in [4.78, 5) is 14.2. The van der Waals surface area contributed by atoms with E-state index in [2.05, 4.69) is 0 Å². The number of aliphatic hydroxyl groups is 1. The molecule has 5 heteroatoms. The standard InChI is InChI=1S/C16H16FNO3/c1-10-6-7-21-15(10)16(20)18-9-13(19)8-14(18)11-2-4-12(17)5-3-11/h2-7,13-14,19H,8-9H2,1H3/t13-,14+/m1/s1. The van der Waals surface area contributed by atoms with E-state index in [4.69, 9.17) is 4.42 Å². The number of carbonyl (C=O) groups is 1. The first kappa shape index (κ1) is 13.8. The van der Waals surface area contributed by atoms with E-state index in [0.29, 0.717) is 6.42 Å². The minimum atomic E-state index is -0.584. The van der Waals surface area contributed by atoms with Crippen LogP contribution in [0.3, 0.4) is 0 Å². The molecule has 0 radical (unpaired) electrons. The molecule has 1 aromatic heterocycles. The summed E-state index contributed by atoms with van der Waals surface area (Å²) in [6.07, 6.45) is 1.33. The number of halogens is 1. The summed E-state index contributed by atoms with van der Waals surface area (Å²) in [5, 5.41) is 9.90. The molecule has 21 heavy (non-hydrogen) atoms. The summed E-state index contributed by atoms with van der Waals surface area (Å²) in [6.45, 7) is 2.05. The molecule has 0 unspecified atom stereocenters. The van der Waals surface area contributed by atoms with Crippen LogP contribution in [-0.4, -0.2) is 28.6 Å². The number of carbonyl (C=O) groups excluding carboxylic acids is 1. The topological polar surface area (TPSA) is 53.7 Å². The molecule has 1 aromatic carbocycles. The monoisotopic (exact) mass is 289 g/mol. The molecular formula is C16H16FNO3. The molecule has 0 aliphatic carbocycles. The molecule has 0 bridgehead atoms. The second-order valence-corrected chi connectivity index (χ2v) is 5.35. The van der Waals surface area contributed by atoms with Gasteiger partial charge in [0, 0.05) is 12.1 Å². The van der Waals surface area contributed by atoms with Gasteiger partial charge in [-0.05, 0) is 37.1 Å². The molecule has 0 saturated carbocycles. The maximum atomic E-state index is 13.0. The summed E-state index contributed by atoms with van der Waals surface area (Å²) in [5.74, 6) is -0.281. The average molecular weight is 289 g/mol.